The third kappa shape index (κ3) is 6.26. The van der Waals surface area contributed by atoms with Crippen molar-refractivity contribution in [3.8, 4) is 0 Å². The second-order valence-corrected chi connectivity index (χ2v) is 5.52. The molecule has 1 aromatic carbocycles. The van der Waals surface area contributed by atoms with Crippen LogP contribution < -0.4 is 5.32 Å². The summed E-state index contributed by atoms with van der Waals surface area (Å²) in [5.74, 6) is -0.0753. The Morgan fingerprint density at radius 3 is 2.63 bits per heavy atom. The van der Waals surface area contributed by atoms with Crippen molar-refractivity contribution in [2.24, 2.45) is 0 Å². The zero-order valence-corrected chi connectivity index (χ0v) is 11.9. The van der Waals surface area contributed by atoms with E-state index in [1.165, 1.54) is 12.1 Å². The number of benzene rings is 1. The van der Waals surface area contributed by atoms with Crippen molar-refractivity contribution in [3.05, 3.63) is 38.3 Å². The van der Waals surface area contributed by atoms with Crippen molar-refractivity contribution in [2.75, 3.05) is 12.3 Å². The van der Waals surface area contributed by atoms with Crippen LogP contribution in [0.15, 0.2) is 22.7 Å². The second kappa shape index (κ2) is 7.11. The zero-order valence-electron chi connectivity index (χ0n) is 9.54. The molecule has 0 amide bonds. The van der Waals surface area contributed by atoms with E-state index >= 15 is 0 Å². The van der Waals surface area contributed by atoms with Crippen molar-refractivity contribution >= 4 is 33.4 Å². The maximum absolute atomic E-state index is 11.9. The lowest BCUT2D eigenvalue weighted by atomic mass is 10.2. The van der Waals surface area contributed by atoms with Gasteiger partial charge in [-0.15, -0.1) is 0 Å². The molecule has 0 fully saturated rings. The number of non-ortho nitro benzene ring substituents is 1. The maximum Gasteiger partial charge on any atom is 0.441 e. The smallest absolute Gasteiger partial charge is 0.312 e. The van der Waals surface area contributed by atoms with Crippen LogP contribution in [0.25, 0.3) is 0 Å². The van der Waals surface area contributed by atoms with E-state index in [1.807, 2.05) is 0 Å². The molecule has 1 aromatic rings. The third-order valence-electron chi connectivity index (χ3n) is 2.11. The SMILES string of the molecule is O=[N+]([O-])c1ccc(CNCCSC(F)(F)F)c(Br)c1. The summed E-state index contributed by atoms with van der Waals surface area (Å²) in [5, 5.41) is 13.4. The van der Waals surface area contributed by atoms with E-state index in [9.17, 15) is 23.3 Å². The zero-order chi connectivity index (χ0) is 14.5. The minimum absolute atomic E-state index is 0.0387. The van der Waals surface area contributed by atoms with Crippen LogP contribution in [0.3, 0.4) is 0 Å². The van der Waals surface area contributed by atoms with E-state index in [4.69, 9.17) is 0 Å². The molecule has 0 aromatic heterocycles. The van der Waals surface area contributed by atoms with E-state index in [0.29, 0.717) is 11.0 Å². The Morgan fingerprint density at radius 1 is 1.42 bits per heavy atom. The fourth-order valence-electron chi connectivity index (χ4n) is 1.26. The Hall–Kier alpha value is -0.800. The highest BCUT2D eigenvalue weighted by Crippen LogP contribution is 2.29. The van der Waals surface area contributed by atoms with Gasteiger partial charge in [-0.05, 0) is 23.4 Å². The molecule has 0 aliphatic heterocycles. The summed E-state index contributed by atoms with van der Waals surface area (Å²) in [6.45, 7) is 0.546. The molecule has 1 N–H and O–H groups in total. The molecular formula is C10H10BrF3N2O2S. The van der Waals surface area contributed by atoms with Gasteiger partial charge in [-0.1, -0.05) is 15.9 Å². The fraction of sp³-hybridized carbons (Fsp3) is 0.400. The van der Waals surface area contributed by atoms with Gasteiger partial charge in [0, 0.05) is 35.4 Å². The van der Waals surface area contributed by atoms with Crippen LogP contribution in [0, 0.1) is 10.1 Å². The highest BCUT2D eigenvalue weighted by molar-refractivity contribution is 9.10. The Balaban J connectivity index is 2.40. The van der Waals surface area contributed by atoms with Gasteiger partial charge in [-0.2, -0.15) is 13.2 Å². The van der Waals surface area contributed by atoms with Crippen LogP contribution >= 0.6 is 27.7 Å². The van der Waals surface area contributed by atoms with Gasteiger partial charge in [0.1, 0.15) is 0 Å². The van der Waals surface area contributed by atoms with Gasteiger partial charge in [0.25, 0.3) is 5.69 Å². The molecule has 9 heteroatoms. The Bertz CT molecular complexity index is 457. The first kappa shape index (κ1) is 16.3. The molecule has 0 saturated carbocycles. The second-order valence-electron chi connectivity index (χ2n) is 3.50. The number of hydrogen-bond acceptors (Lipinski definition) is 4. The molecule has 0 radical (unpaired) electrons. The molecular weight excluding hydrogens is 349 g/mol. The van der Waals surface area contributed by atoms with E-state index < -0.39 is 10.4 Å². The molecule has 0 heterocycles. The predicted octanol–water partition coefficient (Wildman–Crippen LogP) is 3.70. The third-order valence-corrected chi connectivity index (χ3v) is 3.58. The van der Waals surface area contributed by atoms with E-state index in [0.717, 1.165) is 5.56 Å². The van der Waals surface area contributed by atoms with Crippen molar-refractivity contribution in [1.82, 2.24) is 5.32 Å². The van der Waals surface area contributed by atoms with Gasteiger partial charge >= 0.3 is 5.51 Å². The van der Waals surface area contributed by atoms with Crippen LogP contribution in [-0.2, 0) is 6.54 Å². The van der Waals surface area contributed by atoms with Gasteiger partial charge in [0.2, 0.25) is 0 Å². The van der Waals surface area contributed by atoms with Crippen molar-refractivity contribution in [3.63, 3.8) is 0 Å². The van der Waals surface area contributed by atoms with Crippen LogP contribution in [0.4, 0.5) is 18.9 Å². The number of hydrogen-bond donors (Lipinski definition) is 1. The number of halogens is 4. The van der Waals surface area contributed by atoms with Crippen LogP contribution in [-0.4, -0.2) is 22.7 Å². The highest BCUT2D eigenvalue weighted by atomic mass is 79.9. The van der Waals surface area contributed by atoms with E-state index in [1.54, 1.807) is 6.07 Å². The van der Waals surface area contributed by atoms with Crippen LogP contribution in [0.5, 0.6) is 0 Å². The molecule has 0 aliphatic carbocycles. The topological polar surface area (TPSA) is 55.2 Å². The summed E-state index contributed by atoms with van der Waals surface area (Å²) in [6, 6.07) is 4.28. The molecule has 4 nitrogen and oxygen atoms in total. The minimum atomic E-state index is -4.21. The van der Waals surface area contributed by atoms with Gasteiger partial charge < -0.3 is 5.32 Å². The number of nitrogens with one attached hydrogen (secondary N) is 1. The number of rotatable bonds is 6. The van der Waals surface area contributed by atoms with Gasteiger partial charge in [0.05, 0.1) is 4.92 Å². The van der Waals surface area contributed by atoms with Gasteiger partial charge in [0.15, 0.2) is 0 Å². The number of nitro groups is 1. The Labute approximate surface area is 120 Å². The first-order valence-electron chi connectivity index (χ1n) is 5.14. The molecule has 1 rings (SSSR count). The highest BCUT2D eigenvalue weighted by Gasteiger charge is 2.27. The quantitative estimate of drug-likeness (QED) is 0.478. The summed E-state index contributed by atoms with van der Waals surface area (Å²) in [4.78, 5) is 10.0. The molecule has 0 spiro atoms. The van der Waals surface area contributed by atoms with Crippen LogP contribution in [0.1, 0.15) is 5.56 Å². The van der Waals surface area contributed by atoms with Gasteiger partial charge in [-0.3, -0.25) is 10.1 Å². The van der Waals surface area contributed by atoms with Crippen molar-refractivity contribution in [1.29, 1.82) is 0 Å². The normalized spacial score (nSPS) is 11.6. The van der Waals surface area contributed by atoms with Crippen LogP contribution in [0.2, 0.25) is 0 Å². The monoisotopic (exact) mass is 358 g/mol. The summed E-state index contributed by atoms with van der Waals surface area (Å²) >= 11 is 3.10. The van der Waals surface area contributed by atoms with Gasteiger partial charge in [-0.25, -0.2) is 0 Å². The predicted molar refractivity (Wildman–Crippen MR) is 71.0 cm³/mol. The Kier molecular flexibility index (Phi) is 6.08. The van der Waals surface area contributed by atoms with E-state index in [-0.39, 0.29) is 29.7 Å². The Morgan fingerprint density at radius 2 is 2.11 bits per heavy atom. The first-order valence-corrected chi connectivity index (χ1v) is 6.91. The molecule has 19 heavy (non-hydrogen) atoms. The molecule has 106 valence electrons. The largest absolute Gasteiger partial charge is 0.441 e. The molecule has 0 bridgehead atoms. The maximum atomic E-state index is 11.9. The summed E-state index contributed by atoms with van der Waals surface area (Å²) in [7, 11) is 0. The minimum Gasteiger partial charge on any atom is -0.312 e. The fourth-order valence-corrected chi connectivity index (χ4v) is 2.24. The lowest BCUT2D eigenvalue weighted by molar-refractivity contribution is -0.384. The lowest BCUT2D eigenvalue weighted by Gasteiger charge is -2.08. The average molecular weight is 359 g/mol. The number of alkyl halides is 3. The standard InChI is InChI=1S/C10H10BrF3N2O2S/c11-9-5-8(16(17)18)2-1-7(9)6-15-3-4-19-10(12,13)14/h1-2,5,15H,3-4,6H2. The number of thioether (sulfide) groups is 1. The molecule has 0 saturated heterocycles. The van der Waals surface area contributed by atoms with E-state index in [2.05, 4.69) is 21.2 Å². The summed E-state index contributed by atoms with van der Waals surface area (Å²) in [6.07, 6.45) is 0. The molecule has 0 unspecified atom stereocenters. The average Bonchev–Trinajstić information content (AvgIpc) is 2.28. The van der Waals surface area contributed by atoms with Crippen molar-refractivity contribution in [2.45, 2.75) is 12.1 Å². The first-order chi connectivity index (χ1) is 8.79. The summed E-state index contributed by atoms with van der Waals surface area (Å²) < 4.78 is 36.1. The van der Waals surface area contributed by atoms with Crippen molar-refractivity contribution < 1.29 is 18.1 Å². The lowest BCUT2D eigenvalue weighted by Crippen LogP contribution is -2.18. The number of nitro benzene ring substituents is 1. The number of nitrogens with zero attached hydrogens (tertiary/aromatic N) is 1. The summed E-state index contributed by atoms with van der Waals surface area (Å²) in [5.41, 5.74) is -3.50. The molecule has 0 aliphatic rings. The molecule has 0 atom stereocenters.